The molecule has 0 aromatic heterocycles. The Morgan fingerprint density at radius 3 is 1.37 bits per heavy atom. The van der Waals surface area contributed by atoms with Crippen LogP contribution in [0.2, 0.25) is 0 Å². The van der Waals surface area contributed by atoms with Crippen LogP contribution in [0.4, 0.5) is 0 Å². The number of nitrogens with two attached hydrogens (primary N) is 1. The van der Waals surface area contributed by atoms with Crippen LogP contribution in [0.15, 0.2) is 0 Å². The van der Waals surface area contributed by atoms with Crippen molar-refractivity contribution in [3.63, 3.8) is 0 Å². The maximum absolute atomic E-state index is 12.7. The number of hydrogen-bond donors (Lipinski definition) is 5. The number of rotatable bonds is 51. The maximum atomic E-state index is 12.7. The predicted octanol–water partition coefficient (Wildman–Crippen LogP) is 16.8. The third-order valence-corrected chi connectivity index (χ3v) is 16.6. The first-order valence-corrected chi connectivity index (χ1v) is 32.2. The van der Waals surface area contributed by atoms with E-state index in [0.717, 1.165) is 90.3 Å². The molecule has 73 heavy (non-hydrogen) atoms. The van der Waals surface area contributed by atoms with E-state index in [1.807, 2.05) is 0 Å². The molecule has 0 aromatic rings. The molecule has 6 N–H and O–H groups in total. The number of carbonyl (C=O) groups is 3. The Morgan fingerprint density at radius 2 is 0.959 bits per heavy atom. The quantitative estimate of drug-likeness (QED) is 0.0232. The molecule has 0 radical (unpaired) electrons. The number of aliphatic hydroxyl groups excluding tert-OH is 1. The number of nitrogens with zero attached hydrogens (tertiary/aromatic N) is 1. The first-order chi connectivity index (χ1) is 35.2. The minimum atomic E-state index is -0.478. The Morgan fingerprint density at radius 1 is 0.562 bits per heavy atom. The third-order valence-electron chi connectivity index (χ3n) is 16.6. The molecule has 1 fully saturated rings. The monoisotopic (exact) mass is 1030 g/mol. The van der Waals surface area contributed by atoms with Gasteiger partial charge in [0.15, 0.2) is 0 Å². The largest absolute Gasteiger partial charge is 0.379 e. The van der Waals surface area contributed by atoms with Gasteiger partial charge in [0.05, 0.1) is 0 Å². The first-order valence-electron chi connectivity index (χ1n) is 32.2. The lowest BCUT2D eigenvalue weighted by molar-refractivity contribution is -0.140. The molecule has 9 heteroatoms. The number of amides is 3. The second-order valence-corrected chi connectivity index (χ2v) is 24.5. The average molecular weight is 1030 g/mol. The zero-order valence-corrected chi connectivity index (χ0v) is 50.5. The summed E-state index contributed by atoms with van der Waals surface area (Å²) in [5, 5.41) is 20.8. The van der Waals surface area contributed by atoms with Gasteiger partial charge in [0, 0.05) is 37.4 Å². The molecule has 4 atom stereocenters. The molecule has 3 amide bonds. The Balaban J connectivity index is 0.00000162. The molecule has 1 saturated heterocycles. The summed E-state index contributed by atoms with van der Waals surface area (Å²) in [6.07, 6.45) is 51.0. The van der Waals surface area contributed by atoms with Crippen LogP contribution in [-0.2, 0) is 14.4 Å². The van der Waals surface area contributed by atoms with Crippen LogP contribution in [0.1, 0.15) is 332 Å². The van der Waals surface area contributed by atoms with Gasteiger partial charge in [0.1, 0.15) is 6.23 Å². The molecule has 0 spiro atoms. The number of unbranched alkanes of at least 4 members (excludes halogenated alkanes) is 32. The Hall–Kier alpha value is -1.55. The van der Waals surface area contributed by atoms with E-state index in [0.29, 0.717) is 19.4 Å². The summed E-state index contributed by atoms with van der Waals surface area (Å²) < 4.78 is 0. The number of nitrogens with one attached hydrogen (secondary N) is 3. The molecule has 1 rings (SSSR count). The lowest BCUT2D eigenvalue weighted by Crippen LogP contribution is -2.52. The van der Waals surface area contributed by atoms with Crippen molar-refractivity contribution in [3.05, 3.63) is 0 Å². The molecule has 434 valence electrons. The summed E-state index contributed by atoms with van der Waals surface area (Å²) in [5.41, 5.74) is 5.62. The van der Waals surface area contributed by atoms with E-state index in [9.17, 15) is 19.5 Å². The minimum Gasteiger partial charge on any atom is -0.379 e. The summed E-state index contributed by atoms with van der Waals surface area (Å²) in [4.78, 5) is 39.2. The van der Waals surface area contributed by atoms with Gasteiger partial charge in [0.25, 0.3) is 0 Å². The van der Waals surface area contributed by atoms with Gasteiger partial charge in [-0.2, -0.15) is 0 Å². The minimum absolute atomic E-state index is 0.0211. The van der Waals surface area contributed by atoms with Crippen LogP contribution < -0.4 is 21.7 Å². The topological polar surface area (TPSA) is 137 Å². The maximum Gasteiger partial charge on any atom is 0.232 e. The van der Waals surface area contributed by atoms with Crippen molar-refractivity contribution in [1.29, 1.82) is 0 Å². The number of likely N-dealkylation sites (tertiary alicyclic amines) is 1. The van der Waals surface area contributed by atoms with Crippen molar-refractivity contribution < 1.29 is 19.5 Å². The van der Waals surface area contributed by atoms with Gasteiger partial charge in [-0.25, -0.2) is 0 Å². The fraction of sp³-hybridized carbons (Fsp3) is 0.953. The van der Waals surface area contributed by atoms with Crippen LogP contribution in [0.5, 0.6) is 0 Å². The molecule has 9 nitrogen and oxygen atoms in total. The fourth-order valence-electron chi connectivity index (χ4n) is 10.4. The van der Waals surface area contributed by atoms with Crippen LogP contribution in [0.25, 0.3) is 0 Å². The standard InChI is InChI=1S/C42H86N2O2.C22H43N3O2/c1-5-9-11-13-15-17-19-21-23-25-27-29-31-33-35-37-41(45)43-39(7-3)40(8-4)44-42(46)38-36-34-32-30-28-26-24-22-20-18-16-14-12-10-6-2;1-21(2,3)22(4,5)17-18-16-19(26)25(20(18)27)15-11-7-10-14-24-13-9-6-8-12-23/h39-41,43,45H,5-38H2,1-4H3,(H,44,46);18,24H,6-17,23H2,1-5H3. The lowest BCUT2D eigenvalue weighted by atomic mass is 9.65. The lowest BCUT2D eigenvalue weighted by Gasteiger charge is -2.40. The van der Waals surface area contributed by atoms with Crippen LogP contribution in [0, 0.1) is 16.7 Å². The molecule has 0 bridgehead atoms. The highest BCUT2D eigenvalue weighted by Gasteiger charge is 2.43. The van der Waals surface area contributed by atoms with Gasteiger partial charge >= 0.3 is 0 Å². The SMILES string of the molecule is CC(C)(C)C(C)(C)CC1CC(=O)N(CCCCCNCCCCCN)C1=O.CCCCCCCCCCCCCCCCCC(=O)NC(CC)C(CC)NC(O)CCCCCCCCCCCCCCCCC. The van der Waals surface area contributed by atoms with E-state index >= 15 is 0 Å². The zero-order valence-electron chi connectivity index (χ0n) is 50.5. The van der Waals surface area contributed by atoms with Crippen molar-refractivity contribution in [2.75, 3.05) is 26.2 Å². The van der Waals surface area contributed by atoms with Crippen LogP contribution in [-0.4, -0.2) is 72.2 Å². The first kappa shape index (κ1) is 71.5. The highest BCUT2D eigenvalue weighted by Crippen LogP contribution is 2.45. The van der Waals surface area contributed by atoms with E-state index in [1.54, 1.807) is 0 Å². The van der Waals surface area contributed by atoms with E-state index in [-0.39, 0.29) is 46.6 Å². The summed E-state index contributed by atoms with van der Waals surface area (Å²) >= 11 is 0. The van der Waals surface area contributed by atoms with E-state index in [1.165, 1.54) is 191 Å². The zero-order chi connectivity index (χ0) is 54.3. The van der Waals surface area contributed by atoms with Crippen molar-refractivity contribution in [1.82, 2.24) is 20.9 Å². The molecule has 0 saturated carbocycles. The van der Waals surface area contributed by atoms with E-state index in [4.69, 9.17) is 5.73 Å². The molecular weight excluding hydrogens is 903 g/mol. The normalized spacial score (nSPS) is 15.4. The van der Waals surface area contributed by atoms with Crippen molar-refractivity contribution in [2.24, 2.45) is 22.5 Å². The predicted molar refractivity (Wildman–Crippen MR) is 317 cm³/mol. The number of carbonyl (C=O) groups excluding carboxylic acids is 3. The van der Waals surface area contributed by atoms with E-state index < -0.39 is 6.23 Å². The highest BCUT2D eigenvalue weighted by atomic mass is 16.3. The van der Waals surface area contributed by atoms with Gasteiger partial charge in [-0.15, -0.1) is 0 Å². The second kappa shape index (κ2) is 48.8. The number of hydrogen-bond acceptors (Lipinski definition) is 7. The summed E-state index contributed by atoms with van der Waals surface area (Å²) in [5.74, 6) is 0.115. The highest BCUT2D eigenvalue weighted by molar-refractivity contribution is 6.03. The number of aliphatic hydroxyl groups is 1. The van der Waals surface area contributed by atoms with Gasteiger partial charge < -0.3 is 21.5 Å². The molecule has 1 aliphatic heterocycles. The van der Waals surface area contributed by atoms with Crippen molar-refractivity contribution in [2.45, 2.75) is 350 Å². The van der Waals surface area contributed by atoms with Crippen LogP contribution in [0.3, 0.4) is 0 Å². The molecule has 0 aliphatic carbocycles. The Bertz CT molecular complexity index is 1260. The molecule has 1 aliphatic rings. The Labute approximate surface area is 455 Å². The molecular formula is C64H129N5O4. The van der Waals surface area contributed by atoms with Gasteiger partial charge in [-0.05, 0) is 94.7 Å². The van der Waals surface area contributed by atoms with Crippen molar-refractivity contribution in [3.8, 4) is 0 Å². The summed E-state index contributed by atoms with van der Waals surface area (Å²) in [7, 11) is 0. The molecule has 0 aromatic carbocycles. The van der Waals surface area contributed by atoms with Gasteiger partial charge in [0.2, 0.25) is 17.7 Å². The molecule has 4 unspecified atom stereocenters. The fourth-order valence-corrected chi connectivity index (χ4v) is 10.4. The summed E-state index contributed by atoms with van der Waals surface area (Å²) in [6.45, 7) is 23.3. The van der Waals surface area contributed by atoms with Gasteiger partial charge in [-0.1, -0.05) is 255 Å². The second-order valence-electron chi connectivity index (χ2n) is 24.5. The number of imide groups is 1. The average Bonchev–Trinajstić information content (AvgIpc) is 3.61. The molecule has 1 heterocycles. The van der Waals surface area contributed by atoms with Gasteiger partial charge in [-0.3, -0.25) is 24.6 Å². The smallest absolute Gasteiger partial charge is 0.232 e. The summed E-state index contributed by atoms with van der Waals surface area (Å²) in [6, 6.07) is 0.214. The Kier molecular flexibility index (Phi) is 47.8. The van der Waals surface area contributed by atoms with Crippen LogP contribution >= 0.6 is 0 Å². The van der Waals surface area contributed by atoms with Crippen molar-refractivity contribution >= 4 is 17.7 Å². The van der Waals surface area contributed by atoms with E-state index in [2.05, 4.69) is 78.3 Å². The third kappa shape index (κ3) is 40.3.